The van der Waals surface area contributed by atoms with E-state index in [0.717, 1.165) is 16.3 Å². The van der Waals surface area contributed by atoms with E-state index in [1.165, 1.54) is 18.4 Å². The number of carboxylic acids is 1. The van der Waals surface area contributed by atoms with Crippen LogP contribution in [0.5, 0.6) is 0 Å². The summed E-state index contributed by atoms with van der Waals surface area (Å²) in [6, 6.07) is 0. The van der Waals surface area contributed by atoms with E-state index in [0.29, 0.717) is 0 Å². The van der Waals surface area contributed by atoms with Gasteiger partial charge in [-0.15, -0.1) is 11.3 Å². The molecule has 0 bridgehead atoms. The van der Waals surface area contributed by atoms with Gasteiger partial charge in [-0.3, -0.25) is 14.0 Å². The van der Waals surface area contributed by atoms with Crippen LogP contribution < -0.4 is 5.32 Å². The summed E-state index contributed by atoms with van der Waals surface area (Å²) < 4.78 is 6.91. The lowest BCUT2D eigenvalue weighted by molar-refractivity contribution is -0.140. The number of nitrogens with zero attached hydrogens (tertiary/aromatic N) is 2. The molecule has 0 saturated heterocycles. The lowest BCUT2D eigenvalue weighted by Crippen LogP contribution is -2.35. The molecule has 2 heterocycles. The number of thiazole rings is 1. The zero-order chi connectivity index (χ0) is 15.4. The molecule has 114 valence electrons. The van der Waals surface area contributed by atoms with Gasteiger partial charge in [0.1, 0.15) is 0 Å². The molecule has 2 aromatic heterocycles. The second-order valence-corrected chi connectivity index (χ2v) is 5.53. The Labute approximate surface area is 125 Å². The highest BCUT2D eigenvalue weighted by atomic mass is 32.1. The number of rotatable bonds is 7. The van der Waals surface area contributed by atoms with Gasteiger partial charge in [-0.05, 0) is 6.92 Å². The van der Waals surface area contributed by atoms with E-state index in [2.05, 4.69) is 10.3 Å². The number of fused-ring (bicyclic) bond motifs is 1. The van der Waals surface area contributed by atoms with Crippen molar-refractivity contribution in [2.75, 3.05) is 13.7 Å². The van der Waals surface area contributed by atoms with Gasteiger partial charge in [0.2, 0.25) is 5.91 Å². The SMILES string of the molecule is COC(CNC(=O)Cc1csc2nc(C)cn12)CC(=O)O. The molecule has 2 rings (SSSR count). The van der Waals surface area contributed by atoms with Crippen molar-refractivity contribution in [3.8, 4) is 0 Å². The Hall–Kier alpha value is -1.93. The van der Waals surface area contributed by atoms with Crippen LogP contribution in [0.2, 0.25) is 0 Å². The van der Waals surface area contributed by atoms with Crippen LogP contribution in [-0.2, 0) is 20.7 Å². The number of hydrogen-bond donors (Lipinski definition) is 2. The summed E-state index contributed by atoms with van der Waals surface area (Å²) in [4.78, 5) is 27.7. The topological polar surface area (TPSA) is 92.9 Å². The van der Waals surface area contributed by atoms with Crippen molar-refractivity contribution >= 4 is 28.2 Å². The van der Waals surface area contributed by atoms with Crippen molar-refractivity contribution in [1.82, 2.24) is 14.7 Å². The second-order valence-electron chi connectivity index (χ2n) is 4.70. The summed E-state index contributed by atoms with van der Waals surface area (Å²) in [5.74, 6) is -1.13. The molecule has 1 amide bonds. The molecular weight excluding hydrogens is 294 g/mol. The van der Waals surface area contributed by atoms with Crippen LogP contribution in [0, 0.1) is 6.92 Å². The maximum atomic E-state index is 11.9. The minimum Gasteiger partial charge on any atom is -0.481 e. The Morgan fingerprint density at radius 3 is 3.00 bits per heavy atom. The lowest BCUT2D eigenvalue weighted by atomic mass is 10.2. The number of nitrogens with one attached hydrogen (secondary N) is 1. The molecule has 0 aliphatic heterocycles. The highest BCUT2D eigenvalue weighted by molar-refractivity contribution is 7.15. The number of aryl methyl sites for hydroxylation is 1. The third kappa shape index (κ3) is 4.02. The average Bonchev–Trinajstić information content (AvgIpc) is 2.95. The average molecular weight is 311 g/mol. The molecule has 21 heavy (non-hydrogen) atoms. The number of amides is 1. The fraction of sp³-hybridized carbons (Fsp3) is 0.462. The van der Waals surface area contributed by atoms with Crippen molar-refractivity contribution in [2.24, 2.45) is 0 Å². The van der Waals surface area contributed by atoms with Gasteiger partial charge in [0, 0.05) is 30.9 Å². The third-order valence-corrected chi connectivity index (χ3v) is 3.90. The largest absolute Gasteiger partial charge is 0.481 e. The van der Waals surface area contributed by atoms with Crippen molar-refractivity contribution in [1.29, 1.82) is 0 Å². The Balaban J connectivity index is 1.90. The first-order valence-corrected chi connectivity index (χ1v) is 7.31. The molecule has 7 nitrogen and oxygen atoms in total. The first-order chi connectivity index (χ1) is 9.99. The summed E-state index contributed by atoms with van der Waals surface area (Å²) in [5, 5.41) is 13.3. The highest BCUT2D eigenvalue weighted by Crippen LogP contribution is 2.16. The van der Waals surface area contributed by atoms with Crippen LogP contribution in [0.1, 0.15) is 17.8 Å². The first kappa shape index (κ1) is 15.5. The quantitative estimate of drug-likeness (QED) is 0.791. The number of methoxy groups -OCH3 is 1. The van der Waals surface area contributed by atoms with Crippen LogP contribution >= 0.6 is 11.3 Å². The molecule has 1 unspecified atom stereocenters. The minimum atomic E-state index is -0.954. The smallest absolute Gasteiger partial charge is 0.306 e. The first-order valence-electron chi connectivity index (χ1n) is 6.43. The number of carbonyl (C=O) groups excluding carboxylic acids is 1. The maximum Gasteiger partial charge on any atom is 0.306 e. The summed E-state index contributed by atoms with van der Waals surface area (Å²) in [7, 11) is 1.43. The second kappa shape index (κ2) is 6.68. The minimum absolute atomic E-state index is 0.139. The number of carboxylic acid groups (broad SMARTS) is 1. The van der Waals surface area contributed by atoms with E-state index in [4.69, 9.17) is 9.84 Å². The lowest BCUT2D eigenvalue weighted by Gasteiger charge is -2.13. The number of imidazole rings is 1. The molecule has 0 aliphatic rings. The maximum absolute atomic E-state index is 11.9. The Morgan fingerprint density at radius 2 is 2.33 bits per heavy atom. The normalized spacial score (nSPS) is 12.5. The van der Waals surface area contributed by atoms with Crippen LogP contribution in [0.4, 0.5) is 0 Å². The van der Waals surface area contributed by atoms with E-state index in [-0.39, 0.29) is 25.3 Å². The van der Waals surface area contributed by atoms with E-state index in [1.54, 1.807) is 0 Å². The van der Waals surface area contributed by atoms with Crippen LogP contribution in [0.25, 0.3) is 4.96 Å². The molecule has 0 saturated carbocycles. The zero-order valence-corrected chi connectivity index (χ0v) is 12.6. The summed E-state index contributed by atoms with van der Waals surface area (Å²) in [6.07, 6.45) is 1.44. The van der Waals surface area contributed by atoms with Crippen molar-refractivity contribution in [2.45, 2.75) is 25.9 Å². The molecule has 0 aliphatic carbocycles. The number of aliphatic carboxylic acids is 1. The molecule has 0 fully saturated rings. The van der Waals surface area contributed by atoms with Gasteiger partial charge in [-0.1, -0.05) is 0 Å². The van der Waals surface area contributed by atoms with E-state index < -0.39 is 12.1 Å². The van der Waals surface area contributed by atoms with Gasteiger partial charge in [0.25, 0.3) is 0 Å². The standard InChI is InChI=1S/C13H17N3O4S/c1-8-6-16-9(7-21-13(16)15-8)3-11(17)14-5-10(20-2)4-12(18)19/h6-7,10H,3-5H2,1-2H3,(H,14,17)(H,18,19). The van der Waals surface area contributed by atoms with Crippen LogP contribution in [0.15, 0.2) is 11.6 Å². The predicted octanol–water partition coefficient (Wildman–Crippen LogP) is 0.853. The van der Waals surface area contributed by atoms with Gasteiger partial charge in [0.15, 0.2) is 4.96 Å². The van der Waals surface area contributed by atoms with Crippen molar-refractivity contribution < 1.29 is 19.4 Å². The van der Waals surface area contributed by atoms with Gasteiger partial charge < -0.3 is 15.2 Å². The fourth-order valence-corrected chi connectivity index (χ4v) is 2.88. The Kier molecular flexibility index (Phi) is 4.92. The van der Waals surface area contributed by atoms with Gasteiger partial charge in [-0.2, -0.15) is 0 Å². The summed E-state index contributed by atoms with van der Waals surface area (Å²) >= 11 is 1.48. The number of aromatic nitrogens is 2. The molecule has 8 heteroatoms. The molecule has 0 aromatic carbocycles. The monoisotopic (exact) mass is 311 g/mol. The van der Waals surface area contributed by atoms with E-state index in [9.17, 15) is 9.59 Å². The number of ether oxygens (including phenoxy) is 1. The van der Waals surface area contributed by atoms with Crippen LogP contribution in [0.3, 0.4) is 0 Å². The van der Waals surface area contributed by atoms with Gasteiger partial charge >= 0.3 is 5.97 Å². The molecule has 0 spiro atoms. The van der Waals surface area contributed by atoms with Crippen molar-refractivity contribution in [3.63, 3.8) is 0 Å². The van der Waals surface area contributed by atoms with Crippen molar-refractivity contribution in [3.05, 3.63) is 23.0 Å². The van der Waals surface area contributed by atoms with Gasteiger partial charge in [0.05, 0.1) is 24.6 Å². The molecule has 1 atom stereocenters. The van der Waals surface area contributed by atoms with E-state index >= 15 is 0 Å². The van der Waals surface area contributed by atoms with Gasteiger partial charge in [-0.25, -0.2) is 4.98 Å². The van der Waals surface area contributed by atoms with E-state index in [1.807, 2.05) is 22.9 Å². The third-order valence-electron chi connectivity index (χ3n) is 3.01. The molecule has 0 radical (unpaired) electrons. The zero-order valence-electron chi connectivity index (χ0n) is 11.8. The highest BCUT2D eigenvalue weighted by Gasteiger charge is 2.15. The summed E-state index contributed by atoms with van der Waals surface area (Å²) in [5.41, 5.74) is 1.77. The molecule has 2 N–H and O–H groups in total. The Bertz CT molecular complexity index is 649. The number of carbonyl (C=O) groups is 2. The van der Waals surface area contributed by atoms with Crippen LogP contribution in [-0.4, -0.2) is 46.1 Å². The fourth-order valence-electron chi connectivity index (χ4n) is 1.96. The summed E-state index contributed by atoms with van der Waals surface area (Å²) in [6.45, 7) is 2.08. The molecular formula is C13H17N3O4S. The number of hydrogen-bond acceptors (Lipinski definition) is 5. The predicted molar refractivity (Wildman–Crippen MR) is 77.6 cm³/mol. The molecule has 2 aromatic rings. The Morgan fingerprint density at radius 1 is 1.57 bits per heavy atom.